The van der Waals surface area contributed by atoms with Crippen molar-refractivity contribution in [3.05, 3.63) is 17.5 Å². The number of urea groups is 1. The average Bonchev–Trinajstić information content (AvgIpc) is 3.18. The normalized spacial score (nSPS) is 21.7. The third-order valence-corrected chi connectivity index (χ3v) is 5.14. The quantitative estimate of drug-likeness (QED) is 0.789. The van der Waals surface area contributed by atoms with Gasteiger partial charge in [0.2, 0.25) is 0 Å². The van der Waals surface area contributed by atoms with Crippen LogP contribution in [0, 0.1) is 13.8 Å². The molecule has 3 rings (SSSR count). The number of nitrogens with one attached hydrogen (secondary N) is 1. The number of aromatic nitrogens is 2. The number of hydrogen-bond donors (Lipinski definition) is 1. The zero-order valence-electron chi connectivity index (χ0n) is 15.5. The molecule has 1 N–H and O–H groups in total. The fraction of sp³-hybridized carbons (Fsp3) is 0.778. The first-order chi connectivity index (χ1) is 12.1. The Morgan fingerprint density at radius 3 is 2.84 bits per heavy atom. The molecule has 1 aromatic heterocycles. The van der Waals surface area contributed by atoms with Crippen molar-refractivity contribution in [1.29, 1.82) is 0 Å². The molecule has 0 saturated carbocycles. The van der Waals surface area contributed by atoms with Crippen LogP contribution in [-0.2, 0) is 11.3 Å². The van der Waals surface area contributed by atoms with E-state index in [1.54, 1.807) is 0 Å². The Bertz CT molecular complexity index is 568. The highest BCUT2D eigenvalue weighted by molar-refractivity contribution is 5.74. The van der Waals surface area contributed by atoms with Gasteiger partial charge in [0, 0.05) is 51.0 Å². The van der Waals surface area contributed by atoms with Crippen molar-refractivity contribution in [1.82, 2.24) is 24.9 Å². The average molecular weight is 349 g/mol. The van der Waals surface area contributed by atoms with Crippen molar-refractivity contribution in [3.63, 3.8) is 0 Å². The Morgan fingerprint density at radius 1 is 1.32 bits per heavy atom. The van der Waals surface area contributed by atoms with Gasteiger partial charge >= 0.3 is 6.03 Å². The van der Waals surface area contributed by atoms with E-state index in [0.29, 0.717) is 12.6 Å². The van der Waals surface area contributed by atoms with Crippen molar-refractivity contribution in [3.8, 4) is 0 Å². The summed E-state index contributed by atoms with van der Waals surface area (Å²) < 4.78 is 7.42. The van der Waals surface area contributed by atoms with Crippen LogP contribution in [0.15, 0.2) is 6.07 Å². The molecule has 7 heteroatoms. The van der Waals surface area contributed by atoms with Gasteiger partial charge in [-0.3, -0.25) is 9.58 Å². The summed E-state index contributed by atoms with van der Waals surface area (Å²) in [6.45, 7) is 11.0. The zero-order valence-corrected chi connectivity index (χ0v) is 15.5. The van der Waals surface area contributed by atoms with Gasteiger partial charge in [-0.15, -0.1) is 0 Å². The fourth-order valence-electron chi connectivity index (χ4n) is 3.80. The van der Waals surface area contributed by atoms with Gasteiger partial charge in [0.1, 0.15) is 0 Å². The number of carbonyl (C=O) groups is 1. The lowest BCUT2D eigenvalue weighted by Gasteiger charge is -2.32. The van der Waals surface area contributed by atoms with Crippen molar-refractivity contribution in [2.24, 2.45) is 0 Å². The smallest absolute Gasteiger partial charge is 0.317 e. The van der Waals surface area contributed by atoms with Crippen LogP contribution in [0.2, 0.25) is 0 Å². The first-order valence-electron chi connectivity index (χ1n) is 9.49. The van der Waals surface area contributed by atoms with Crippen LogP contribution >= 0.6 is 0 Å². The van der Waals surface area contributed by atoms with Crippen LogP contribution in [0.3, 0.4) is 0 Å². The summed E-state index contributed by atoms with van der Waals surface area (Å²) in [5.74, 6) is 0. The number of aryl methyl sites for hydroxylation is 3. The Kier molecular flexibility index (Phi) is 6.31. The maximum absolute atomic E-state index is 12.5. The third-order valence-electron chi connectivity index (χ3n) is 5.14. The Morgan fingerprint density at radius 2 is 2.12 bits per heavy atom. The number of rotatable bonds is 6. The van der Waals surface area contributed by atoms with Crippen molar-refractivity contribution >= 4 is 6.03 Å². The number of likely N-dealkylation sites (tertiary alicyclic amines) is 1. The standard InChI is InChI=1S/C18H31N5O2/c1-15-13-16(2)23(20-15)8-4-6-19-18(24)22-7-3-5-17(22)14-21-9-11-25-12-10-21/h13,17H,3-12,14H2,1-2H3,(H,19,24)/t17-/m0/s1. The molecule has 2 saturated heterocycles. The van der Waals surface area contributed by atoms with E-state index < -0.39 is 0 Å². The second-order valence-electron chi connectivity index (χ2n) is 7.14. The van der Waals surface area contributed by atoms with Crippen LogP contribution in [0.1, 0.15) is 30.7 Å². The summed E-state index contributed by atoms with van der Waals surface area (Å²) in [6.07, 6.45) is 3.11. The van der Waals surface area contributed by atoms with E-state index >= 15 is 0 Å². The molecule has 1 atom stereocenters. The molecule has 0 spiro atoms. The number of carbonyl (C=O) groups excluding carboxylic acids is 1. The molecule has 0 unspecified atom stereocenters. The summed E-state index contributed by atoms with van der Waals surface area (Å²) in [5, 5.41) is 7.55. The van der Waals surface area contributed by atoms with E-state index in [-0.39, 0.29) is 6.03 Å². The second-order valence-corrected chi connectivity index (χ2v) is 7.14. The third kappa shape index (κ3) is 4.95. The molecule has 0 aromatic carbocycles. The van der Waals surface area contributed by atoms with Crippen LogP contribution in [-0.4, -0.2) is 77.6 Å². The summed E-state index contributed by atoms with van der Waals surface area (Å²) in [6, 6.07) is 2.51. The fourth-order valence-corrected chi connectivity index (χ4v) is 3.80. The van der Waals surface area contributed by atoms with E-state index in [4.69, 9.17) is 4.74 Å². The minimum absolute atomic E-state index is 0.0872. The Labute approximate surface area is 150 Å². The molecular formula is C18H31N5O2. The lowest BCUT2D eigenvalue weighted by molar-refractivity contribution is 0.0292. The molecule has 7 nitrogen and oxygen atoms in total. The van der Waals surface area contributed by atoms with Gasteiger partial charge in [-0.05, 0) is 39.2 Å². The lowest BCUT2D eigenvalue weighted by Crippen LogP contribution is -2.49. The van der Waals surface area contributed by atoms with Crippen molar-refractivity contribution in [2.75, 3.05) is 45.9 Å². The molecule has 2 aliphatic rings. The number of ether oxygens (including phenoxy) is 1. The SMILES string of the molecule is Cc1cc(C)n(CCCNC(=O)N2CCC[C@H]2CN2CCOCC2)n1. The molecule has 3 heterocycles. The minimum atomic E-state index is 0.0872. The van der Waals surface area contributed by atoms with Gasteiger partial charge in [-0.1, -0.05) is 0 Å². The Balaban J connectivity index is 1.40. The predicted octanol–water partition coefficient (Wildman–Crippen LogP) is 1.40. The number of hydrogen-bond acceptors (Lipinski definition) is 4. The first-order valence-corrected chi connectivity index (χ1v) is 9.49. The summed E-state index contributed by atoms with van der Waals surface area (Å²) >= 11 is 0. The largest absolute Gasteiger partial charge is 0.379 e. The number of amides is 2. The molecule has 140 valence electrons. The van der Waals surface area contributed by atoms with Crippen molar-refractivity contribution in [2.45, 2.75) is 45.7 Å². The highest BCUT2D eigenvalue weighted by Crippen LogP contribution is 2.18. The van der Waals surface area contributed by atoms with Gasteiger partial charge in [0.05, 0.1) is 18.9 Å². The van der Waals surface area contributed by atoms with Crippen LogP contribution < -0.4 is 5.32 Å². The van der Waals surface area contributed by atoms with E-state index in [9.17, 15) is 4.79 Å². The molecule has 2 amide bonds. The molecule has 0 radical (unpaired) electrons. The molecular weight excluding hydrogens is 318 g/mol. The van der Waals surface area contributed by atoms with Crippen LogP contribution in [0.25, 0.3) is 0 Å². The maximum Gasteiger partial charge on any atom is 0.317 e. The summed E-state index contributed by atoms with van der Waals surface area (Å²) in [7, 11) is 0. The second kappa shape index (κ2) is 8.67. The van der Waals surface area contributed by atoms with Crippen LogP contribution in [0.5, 0.6) is 0 Å². The number of morpholine rings is 1. The first kappa shape index (κ1) is 18.2. The van der Waals surface area contributed by atoms with Gasteiger partial charge in [0.25, 0.3) is 0 Å². The molecule has 25 heavy (non-hydrogen) atoms. The minimum Gasteiger partial charge on any atom is -0.379 e. The molecule has 1 aromatic rings. The van der Waals surface area contributed by atoms with E-state index in [2.05, 4.69) is 28.3 Å². The Hall–Kier alpha value is -1.60. The van der Waals surface area contributed by atoms with Crippen LogP contribution in [0.4, 0.5) is 4.79 Å². The van der Waals surface area contributed by atoms with Gasteiger partial charge in [0.15, 0.2) is 0 Å². The monoisotopic (exact) mass is 349 g/mol. The molecule has 2 fully saturated rings. The number of nitrogens with zero attached hydrogens (tertiary/aromatic N) is 4. The lowest BCUT2D eigenvalue weighted by atomic mass is 10.2. The van der Waals surface area contributed by atoms with Gasteiger partial charge < -0.3 is 15.0 Å². The highest BCUT2D eigenvalue weighted by atomic mass is 16.5. The topological polar surface area (TPSA) is 62.6 Å². The summed E-state index contributed by atoms with van der Waals surface area (Å²) in [5.41, 5.74) is 2.22. The maximum atomic E-state index is 12.5. The van der Waals surface area contributed by atoms with Gasteiger partial charge in [-0.25, -0.2) is 4.79 Å². The molecule has 0 bridgehead atoms. The van der Waals surface area contributed by atoms with Crippen molar-refractivity contribution < 1.29 is 9.53 Å². The zero-order chi connectivity index (χ0) is 17.6. The van der Waals surface area contributed by atoms with Gasteiger partial charge in [-0.2, -0.15) is 5.10 Å². The molecule has 2 aliphatic heterocycles. The highest BCUT2D eigenvalue weighted by Gasteiger charge is 2.30. The molecule has 0 aliphatic carbocycles. The summed E-state index contributed by atoms with van der Waals surface area (Å²) in [4.78, 5) is 17.0. The van der Waals surface area contributed by atoms with E-state index in [0.717, 1.165) is 70.9 Å². The predicted molar refractivity (Wildman–Crippen MR) is 96.7 cm³/mol. The van der Waals surface area contributed by atoms with E-state index in [1.807, 2.05) is 16.5 Å². The van der Waals surface area contributed by atoms with E-state index in [1.165, 1.54) is 5.69 Å².